The first kappa shape index (κ1) is 34.4. The molecule has 58 heavy (non-hydrogen) atoms. The van der Waals surface area contributed by atoms with Crippen molar-refractivity contribution in [2.45, 2.75) is 38.5 Å². The Kier molecular flexibility index (Phi) is 7.59. The number of allylic oxidation sites excluding steroid dienone is 2. The molecule has 0 saturated heterocycles. The smallest absolute Gasteiger partial charge is 0.0542 e. The summed E-state index contributed by atoms with van der Waals surface area (Å²) < 4.78 is 2.38. The second kappa shape index (κ2) is 12.8. The molecule has 8 aromatic carbocycles. The SMILES string of the molecule is CC1(C)C2=C(c3ccccc31)C(C)(C)c1cc(-c3ccc(N(c4ccc(-c5ccccc5)cc4)c4ccc5c(c4)c4ccccc4n5-c4ccccc4)cc3)ccc12. The second-order valence-corrected chi connectivity index (χ2v) is 17.0. The van der Waals surface area contributed by atoms with Crippen LogP contribution in [0.5, 0.6) is 0 Å². The monoisotopic (exact) mass is 744 g/mol. The van der Waals surface area contributed by atoms with E-state index in [4.69, 9.17) is 0 Å². The van der Waals surface area contributed by atoms with Crippen molar-refractivity contribution in [1.82, 2.24) is 4.57 Å². The number of hydrogen-bond acceptors (Lipinski definition) is 1. The molecule has 0 fully saturated rings. The van der Waals surface area contributed by atoms with E-state index in [-0.39, 0.29) is 10.8 Å². The second-order valence-electron chi connectivity index (χ2n) is 17.0. The minimum absolute atomic E-state index is 0.0279. The molecule has 0 saturated carbocycles. The fourth-order valence-corrected chi connectivity index (χ4v) is 10.2. The number of fused-ring (bicyclic) bond motifs is 7. The highest BCUT2D eigenvalue weighted by Gasteiger charge is 2.49. The van der Waals surface area contributed by atoms with Gasteiger partial charge in [-0.2, -0.15) is 0 Å². The molecular weight excluding hydrogens is 701 g/mol. The summed E-state index contributed by atoms with van der Waals surface area (Å²) in [7, 11) is 0. The van der Waals surface area contributed by atoms with Crippen LogP contribution < -0.4 is 4.90 Å². The molecule has 0 amide bonds. The van der Waals surface area contributed by atoms with Crippen LogP contribution in [-0.4, -0.2) is 4.57 Å². The summed E-state index contributed by atoms with van der Waals surface area (Å²) in [4.78, 5) is 2.40. The van der Waals surface area contributed by atoms with Gasteiger partial charge in [0.15, 0.2) is 0 Å². The number of para-hydroxylation sites is 2. The van der Waals surface area contributed by atoms with Crippen molar-refractivity contribution >= 4 is 50.0 Å². The minimum Gasteiger partial charge on any atom is -0.310 e. The van der Waals surface area contributed by atoms with Gasteiger partial charge >= 0.3 is 0 Å². The van der Waals surface area contributed by atoms with E-state index < -0.39 is 0 Å². The summed E-state index contributed by atoms with van der Waals surface area (Å²) >= 11 is 0. The number of benzene rings is 8. The van der Waals surface area contributed by atoms with Crippen molar-refractivity contribution < 1.29 is 0 Å². The third-order valence-electron chi connectivity index (χ3n) is 13.0. The Morgan fingerprint density at radius 2 is 0.862 bits per heavy atom. The lowest BCUT2D eigenvalue weighted by Crippen LogP contribution is -2.19. The van der Waals surface area contributed by atoms with E-state index >= 15 is 0 Å². The van der Waals surface area contributed by atoms with Crippen molar-refractivity contribution in [3.63, 3.8) is 0 Å². The first-order valence-electron chi connectivity index (χ1n) is 20.4. The Bertz CT molecular complexity index is 3070. The third-order valence-corrected chi connectivity index (χ3v) is 13.0. The first-order chi connectivity index (χ1) is 28.3. The minimum atomic E-state index is -0.0878. The van der Waals surface area contributed by atoms with Gasteiger partial charge in [0.05, 0.1) is 11.0 Å². The van der Waals surface area contributed by atoms with Crippen molar-refractivity contribution in [3.8, 4) is 27.9 Å². The summed E-state index contributed by atoms with van der Waals surface area (Å²) in [5, 5.41) is 2.47. The summed E-state index contributed by atoms with van der Waals surface area (Å²) in [6.07, 6.45) is 0. The average Bonchev–Trinajstić information content (AvgIpc) is 3.82. The quantitative estimate of drug-likeness (QED) is 0.165. The van der Waals surface area contributed by atoms with Gasteiger partial charge < -0.3 is 9.47 Å². The molecule has 0 spiro atoms. The molecule has 0 radical (unpaired) electrons. The van der Waals surface area contributed by atoms with Crippen LogP contribution in [0.3, 0.4) is 0 Å². The molecule has 0 atom stereocenters. The number of anilines is 3. The summed E-state index contributed by atoms with van der Waals surface area (Å²) in [6, 6.07) is 71.3. The van der Waals surface area contributed by atoms with Crippen LogP contribution in [0, 0.1) is 0 Å². The van der Waals surface area contributed by atoms with Gasteiger partial charge in [0.25, 0.3) is 0 Å². The average molecular weight is 745 g/mol. The Labute approximate surface area is 341 Å². The predicted octanol–water partition coefficient (Wildman–Crippen LogP) is 15.1. The molecule has 1 aromatic heterocycles. The van der Waals surface area contributed by atoms with Crippen LogP contribution in [-0.2, 0) is 10.8 Å². The van der Waals surface area contributed by atoms with Gasteiger partial charge in [-0.25, -0.2) is 0 Å². The Hall–Kier alpha value is -6.90. The fourth-order valence-electron chi connectivity index (χ4n) is 10.2. The van der Waals surface area contributed by atoms with Crippen LogP contribution in [0.25, 0.3) is 60.9 Å². The van der Waals surface area contributed by atoms with E-state index in [9.17, 15) is 0 Å². The van der Waals surface area contributed by atoms with Crippen LogP contribution >= 0.6 is 0 Å². The molecule has 2 heteroatoms. The Balaban J connectivity index is 1.01. The first-order valence-corrected chi connectivity index (χ1v) is 20.4. The van der Waals surface area contributed by atoms with E-state index in [1.165, 1.54) is 77.5 Å². The van der Waals surface area contributed by atoms with Crippen molar-refractivity contribution in [2.24, 2.45) is 0 Å². The van der Waals surface area contributed by atoms with Crippen molar-refractivity contribution in [3.05, 3.63) is 216 Å². The number of aromatic nitrogens is 1. The zero-order chi connectivity index (χ0) is 39.2. The van der Waals surface area contributed by atoms with Gasteiger partial charge in [-0.15, -0.1) is 0 Å². The van der Waals surface area contributed by atoms with Gasteiger partial charge in [-0.3, -0.25) is 0 Å². The summed E-state index contributed by atoms with van der Waals surface area (Å²) in [6.45, 7) is 9.61. The van der Waals surface area contributed by atoms with Gasteiger partial charge in [-0.05, 0) is 122 Å². The van der Waals surface area contributed by atoms with Gasteiger partial charge in [0.2, 0.25) is 0 Å². The molecule has 278 valence electrons. The summed E-state index contributed by atoms with van der Waals surface area (Å²) in [5.74, 6) is 0. The topological polar surface area (TPSA) is 8.17 Å². The Morgan fingerprint density at radius 1 is 0.362 bits per heavy atom. The van der Waals surface area contributed by atoms with Gasteiger partial charge in [0.1, 0.15) is 0 Å². The van der Waals surface area contributed by atoms with E-state index in [1.54, 1.807) is 0 Å². The zero-order valence-corrected chi connectivity index (χ0v) is 33.4. The zero-order valence-electron chi connectivity index (χ0n) is 33.4. The molecule has 0 unspecified atom stereocenters. The normalized spacial score (nSPS) is 14.8. The lowest BCUT2D eigenvalue weighted by atomic mass is 9.75. The Morgan fingerprint density at radius 3 is 1.57 bits per heavy atom. The van der Waals surface area contributed by atoms with Crippen molar-refractivity contribution in [1.29, 1.82) is 0 Å². The molecule has 11 rings (SSSR count). The molecule has 9 aromatic rings. The molecule has 2 aliphatic rings. The molecule has 1 heterocycles. The van der Waals surface area contributed by atoms with Gasteiger partial charge in [-0.1, -0.05) is 155 Å². The highest BCUT2D eigenvalue weighted by atomic mass is 15.1. The molecule has 2 aliphatic carbocycles. The van der Waals surface area contributed by atoms with E-state index in [0.29, 0.717) is 0 Å². The van der Waals surface area contributed by atoms with Crippen LogP contribution in [0.2, 0.25) is 0 Å². The van der Waals surface area contributed by atoms with Crippen LogP contribution in [0.15, 0.2) is 194 Å². The van der Waals surface area contributed by atoms with Crippen LogP contribution in [0.4, 0.5) is 17.1 Å². The van der Waals surface area contributed by atoms with Crippen molar-refractivity contribution in [2.75, 3.05) is 4.90 Å². The number of nitrogens with zero attached hydrogens (tertiary/aromatic N) is 2. The van der Waals surface area contributed by atoms with E-state index in [2.05, 4.69) is 231 Å². The molecule has 0 N–H and O–H groups in total. The number of rotatable bonds is 6. The largest absolute Gasteiger partial charge is 0.310 e. The highest BCUT2D eigenvalue weighted by Crippen LogP contribution is 2.62. The number of hydrogen-bond donors (Lipinski definition) is 0. The standard InChI is InChI=1S/C56H44N2/c1-55(2)49-21-13-11-20-46(49)53-54(55)47-33-27-40(35-50(47)56(53,3)4)39-25-30-43(31-26-39)57(42-28-23-38(24-29-42)37-15-7-5-8-16-37)44-32-34-52-48(36-44)45-19-12-14-22-51(45)58(52)41-17-9-6-10-18-41/h5-36H,1-4H3. The fraction of sp³-hybridized carbons (Fsp3) is 0.107. The molecule has 0 aliphatic heterocycles. The lowest BCUT2D eigenvalue weighted by molar-refractivity contribution is 0.694. The summed E-state index contributed by atoms with van der Waals surface area (Å²) in [5.41, 5.74) is 20.3. The van der Waals surface area contributed by atoms with E-state index in [0.717, 1.165) is 22.7 Å². The maximum absolute atomic E-state index is 2.46. The lowest BCUT2D eigenvalue weighted by Gasteiger charge is -2.28. The molecule has 2 nitrogen and oxygen atoms in total. The molecular formula is C56H44N2. The maximum atomic E-state index is 2.46. The molecule has 0 bridgehead atoms. The van der Waals surface area contributed by atoms with E-state index in [1.807, 2.05) is 0 Å². The maximum Gasteiger partial charge on any atom is 0.0542 e. The predicted molar refractivity (Wildman–Crippen MR) is 246 cm³/mol. The third kappa shape index (κ3) is 5.11. The highest BCUT2D eigenvalue weighted by molar-refractivity contribution is 6.11. The van der Waals surface area contributed by atoms with Gasteiger partial charge in [0, 0.05) is 44.4 Å². The van der Waals surface area contributed by atoms with Crippen LogP contribution in [0.1, 0.15) is 49.9 Å².